The monoisotopic (exact) mass is 238 g/mol. The lowest BCUT2D eigenvalue weighted by atomic mass is 10.2. The number of rotatable bonds is 3. The van der Waals surface area contributed by atoms with Gasteiger partial charge in [-0.25, -0.2) is 4.68 Å². The van der Waals surface area contributed by atoms with Crippen LogP contribution in [0.4, 0.5) is 0 Å². The second-order valence-electron chi connectivity index (χ2n) is 3.34. The first-order valence-corrected chi connectivity index (χ1v) is 5.13. The Kier molecular flexibility index (Phi) is 3.05. The number of hydrogen-bond acceptors (Lipinski definition) is 4. The van der Waals surface area contributed by atoms with Crippen LogP contribution in [0.15, 0.2) is 18.2 Å². The third-order valence-electron chi connectivity index (χ3n) is 2.28. The highest BCUT2D eigenvalue weighted by Gasteiger charge is 2.06. The molecule has 0 saturated carbocycles. The Balaban J connectivity index is 2.30. The van der Waals surface area contributed by atoms with Crippen LogP contribution in [0.2, 0.25) is 5.02 Å². The second kappa shape index (κ2) is 4.49. The van der Waals surface area contributed by atoms with E-state index in [1.807, 2.05) is 19.1 Å². The molecule has 16 heavy (non-hydrogen) atoms. The van der Waals surface area contributed by atoms with Crippen molar-refractivity contribution in [2.75, 3.05) is 7.11 Å². The number of hydrogen-bond donors (Lipinski definition) is 0. The van der Waals surface area contributed by atoms with Crippen molar-refractivity contribution in [3.63, 3.8) is 0 Å². The van der Waals surface area contributed by atoms with Crippen LogP contribution in [0.25, 0.3) is 0 Å². The predicted molar refractivity (Wildman–Crippen MR) is 59.7 cm³/mol. The first-order valence-electron chi connectivity index (χ1n) is 4.76. The molecule has 1 aromatic carbocycles. The zero-order valence-electron chi connectivity index (χ0n) is 9.01. The summed E-state index contributed by atoms with van der Waals surface area (Å²) in [6, 6.07) is 5.50. The minimum absolute atomic E-state index is 0.537. The van der Waals surface area contributed by atoms with Gasteiger partial charge in [-0.1, -0.05) is 11.6 Å². The highest BCUT2D eigenvalue weighted by Crippen LogP contribution is 2.22. The minimum Gasteiger partial charge on any atom is -0.497 e. The van der Waals surface area contributed by atoms with Gasteiger partial charge in [0.15, 0.2) is 0 Å². The van der Waals surface area contributed by atoms with Crippen molar-refractivity contribution in [3.05, 3.63) is 34.6 Å². The Bertz CT molecular complexity index is 497. The van der Waals surface area contributed by atoms with E-state index in [0.29, 0.717) is 11.6 Å². The van der Waals surface area contributed by atoms with Gasteiger partial charge in [-0.15, -0.1) is 5.10 Å². The van der Waals surface area contributed by atoms with E-state index < -0.39 is 0 Å². The molecule has 2 aromatic rings. The third kappa shape index (κ3) is 2.14. The fraction of sp³-hybridized carbons (Fsp3) is 0.300. The largest absolute Gasteiger partial charge is 0.497 e. The van der Waals surface area contributed by atoms with Gasteiger partial charge in [0.25, 0.3) is 0 Å². The lowest BCUT2D eigenvalue weighted by Gasteiger charge is -2.07. The molecule has 2 rings (SSSR count). The summed E-state index contributed by atoms with van der Waals surface area (Å²) in [5.41, 5.74) is 0.927. The molecule has 0 aliphatic heterocycles. The fourth-order valence-corrected chi connectivity index (χ4v) is 1.53. The Morgan fingerprint density at radius 3 is 2.88 bits per heavy atom. The molecule has 1 aromatic heterocycles. The van der Waals surface area contributed by atoms with Crippen LogP contribution in [0, 0.1) is 6.92 Å². The van der Waals surface area contributed by atoms with E-state index >= 15 is 0 Å². The van der Waals surface area contributed by atoms with Crippen LogP contribution in [0.3, 0.4) is 0 Å². The maximum atomic E-state index is 6.08. The van der Waals surface area contributed by atoms with Gasteiger partial charge in [-0.3, -0.25) is 0 Å². The molecular weight excluding hydrogens is 228 g/mol. The van der Waals surface area contributed by atoms with E-state index in [1.165, 1.54) is 0 Å². The number of tetrazole rings is 1. The van der Waals surface area contributed by atoms with Gasteiger partial charge >= 0.3 is 0 Å². The maximum Gasteiger partial charge on any atom is 0.148 e. The van der Waals surface area contributed by atoms with E-state index in [0.717, 1.165) is 17.1 Å². The molecule has 0 atom stereocenters. The average Bonchev–Trinajstić information content (AvgIpc) is 2.68. The van der Waals surface area contributed by atoms with Crippen LogP contribution in [0.5, 0.6) is 5.75 Å². The minimum atomic E-state index is 0.537. The molecule has 0 fully saturated rings. The van der Waals surface area contributed by atoms with Gasteiger partial charge in [0, 0.05) is 5.02 Å². The summed E-state index contributed by atoms with van der Waals surface area (Å²) >= 11 is 6.08. The quantitative estimate of drug-likeness (QED) is 0.817. The van der Waals surface area contributed by atoms with Crippen LogP contribution in [-0.2, 0) is 6.54 Å². The number of halogens is 1. The van der Waals surface area contributed by atoms with Crippen molar-refractivity contribution in [1.29, 1.82) is 0 Å². The number of benzene rings is 1. The molecule has 0 radical (unpaired) electrons. The van der Waals surface area contributed by atoms with E-state index in [9.17, 15) is 0 Å². The van der Waals surface area contributed by atoms with E-state index in [4.69, 9.17) is 16.3 Å². The standard InChI is InChI=1S/C10H11ClN4O/c1-7-12-13-14-15(7)6-8-5-9(16-2)3-4-10(8)11/h3-5H,6H2,1-2H3. The van der Waals surface area contributed by atoms with Crippen molar-refractivity contribution in [1.82, 2.24) is 20.2 Å². The zero-order chi connectivity index (χ0) is 11.5. The van der Waals surface area contributed by atoms with E-state index in [2.05, 4.69) is 15.5 Å². The van der Waals surface area contributed by atoms with Gasteiger partial charge in [-0.2, -0.15) is 0 Å². The van der Waals surface area contributed by atoms with Crippen LogP contribution in [-0.4, -0.2) is 27.3 Å². The van der Waals surface area contributed by atoms with E-state index in [1.54, 1.807) is 17.9 Å². The molecule has 0 bridgehead atoms. The average molecular weight is 239 g/mol. The Labute approximate surface area is 98.0 Å². The number of ether oxygens (including phenoxy) is 1. The Morgan fingerprint density at radius 2 is 2.25 bits per heavy atom. The van der Waals surface area contributed by atoms with Crippen molar-refractivity contribution in [3.8, 4) is 5.75 Å². The molecule has 84 valence electrons. The predicted octanol–water partition coefficient (Wildman–Crippen LogP) is 1.69. The molecule has 0 aliphatic carbocycles. The maximum absolute atomic E-state index is 6.08. The number of methoxy groups -OCH3 is 1. The zero-order valence-corrected chi connectivity index (χ0v) is 9.77. The van der Waals surface area contributed by atoms with Gasteiger partial charge in [-0.05, 0) is 41.1 Å². The molecule has 0 N–H and O–H groups in total. The fourth-order valence-electron chi connectivity index (χ4n) is 1.36. The summed E-state index contributed by atoms with van der Waals surface area (Å²) in [7, 11) is 1.62. The van der Waals surface area contributed by atoms with Crippen molar-refractivity contribution in [2.24, 2.45) is 0 Å². The smallest absolute Gasteiger partial charge is 0.148 e. The summed E-state index contributed by atoms with van der Waals surface area (Å²) in [5, 5.41) is 11.9. The molecule has 0 saturated heterocycles. The molecule has 0 aliphatic rings. The molecule has 1 heterocycles. The van der Waals surface area contributed by atoms with Gasteiger partial charge in [0.2, 0.25) is 0 Å². The third-order valence-corrected chi connectivity index (χ3v) is 2.65. The van der Waals surface area contributed by atoms with Crippen LogP contribution >= 0.6 is 11.6 Å². The Hall–Kier alpha value is -1.62. The lowest BCUT2D eigenvalue weighted by Crippen LogP contribution is -2.05. The number of nitrogens with zero attached hydrogens (tertiary/aromatic N) is 4. The molecule has 6 heteroatoms. The van der Waals surface area contributed by atoms with Crippen molar-refractivity contribution in [2.45, 2.75) is 13.5 Å². The lowest BCUT2D eigenvalue weighted by molar-refractivity contribution is 0.414. The first-order chi connectivity index (χ1) is 7.70. The molecular formula is C10H11ClN4O. The summed E-state index contributed by atoms with van der Waals surface area (Å²) < 4.78 is 6.82. The first kappa shape index (κ1) is 10.9. The van der Waals surface area contributed by atoms with Gasteiger partial charge in [0.1, 0.15) is 11.6 Å². The summed E-state index contributed by atoms with van der Waals surface area (Å²) in [4.78, 5) is 0. The number of aromatic nitrogens is 4. The van der Waals surface area contributed by atoms with Crippen LogP contribution in [0.1, 0.15) is 11.4 Å². The number of aryl methyl sites for hydroxylation is 1. The highest BCUT2D eigenvalue weighted by molar-refractivity contribution is 6.31. The molecule has 0 amide bonds. The summed E-state index contributed by atoms with van der Waals surface area (Å²) in [6.45, 7) is 2.38. The summed E-state index contributed by atoms with van der Waals surface area (Å²) in [6.07, 6.45) is 0. The van der Waals surface area contributed by atoms with Gasteiger partial charge < -0.3 is 4.74 Å². The second-order valence-corrected chi connectivity index (χ2v) is 3.75. The summed E-state index contributed by atoms with van der Waals surface area (Å²) in [5.74, 6) is 1.52. The molecule has 0 unspecified atom stereocenters. The highest BCUT2D eigenvalue weighted by atomic mass is 35.5. The van der Waals surface area contributed by atoms with Crippen LogP contribution < -0.4 is 4.74 Å². The van der Waals surface area contributed by atoms with Gasteiger partial charge in [0.05, 0.1) is 13.7 Å². The van der Waals surface area contributed by atoms with Crippen molar-refractivity contribution >= 4 is 11.6 Å². The van der Waals surface area contributed by atoms with Crippen molar-refractivity contribution < 1.29 is 4.74 Å². The topological polar surface area (TPSA) is 52.8 Å². The SMILES string of the molecule is COc1ccc(Cl)c(Cn2nnnc2C)c1. The van der Waals surface area contributed by atoms with E-state index in [-0.39, 0.29) is 0 Å². The molecule has 0 spiro atoms. The normalized spacial score (nSPS) is 10.4. The Morgan fingerprint density at radius 1 is 1.44 bits per heavy atom. The molecule has 5 nitrogen and oxygen atoms in total.